The lowest BCUT2D eigenvalue weighted by Crippen LogP contribution is -2.05. The molecular formula is C14H12BrClFNO. The van der Waals surface area contributed by atoms with Gasteiger partial charge >= 0.3 is 0 Å². The summed E-state index contributed by atoms with van der Waals surface area (Å²) in [6, 6.07) is 9.79. The highest BCUT2D eigenvalue weighted by Crippen LogP contribution is 2.32. The Labute approximate surface area is 124 Å². The normalized spacial score (nSPS) is 10.5. The van der Waals surface area contributed by atoms with Gasteiger partial charge in [-0.05, 0) is 58.9 Å². The summed E-state index contributed by atoms with van der Waals surface area (Å²) in [6.07, 6.45) is 0. The Morgan fingerprint density at radius 3 is 2.74 bits per heavy atom. The maximum absolute atomic E-state index is 13.5. The third kappa shape index (κ3) is 3.93. The second kappa shape index (κ2) is 6.37. The van der Waals surface area contributed by atoms with E-state index >= 15 is 0 Å². The first kappa shape index (κ1) is 14.3. The maximum Gasteiger partial charge on any atom is 0.141 e. The van der Waals surface area contributed by atoms with Crippen molar-refractivity contribution in [2.45, 2.75) is 6.54 Å². The molecule has 0 atom stereocenters. The number of hydrogen-bond donors (Lipinski definition) is 1. The van der Waals surface area contributed by atoms with Gasteiger partial charge in [0.15, 0.2) is 0 Å². The Hall–Kier alpha value is -1.10. The Morgan fingerprint density at radius 1 is 1.26 bits per heavy atom. The number of nitrogens with one attached hydrogen (secondary N) is 1. The van der Waals surface area contributed by atoms with E-state index in [-0.39, 0.29) is 5.82 Å². The first-order valence-electron chi connectivity index (χ1n) is 5.65. The van der Waals surface area contributed by atoms with Crippen LogP contribution < -0.4 is 10.1 Å². The average Bonchev–Trinajstić information content (AvgIpc) is 2.32. The van der Waals surface area contributed by atoms with Crippen molar-refractivity contribution >= 4 is 27.5 Å². The summed E-state index contributed by atoms with van der Waals surface area (Å²) in [5.41, 5.74) is 0.822. The number of rotatable bonds is 4. The number of ether oxygens (including phenoxy) is 1. The summed E-state index contributed by atoms with van der Waals surface area (Å²) < 4.78 is 19.9. The van der Waals surface area contributed by atoms with Crippen LogP contribution in [0, 0.1) is 5.82 Å². The van der Waals surface area contributed by atoms with E-state index in [2.05, 4.69) is 21.2 Å². The highest BCUT2D eigenvalue weighted by molar-refractivity contribution is 9.10. The van der Waals surface area contributed by atoms with Crippen molar-refractivity contribution < 1.29 is 9.13 Å². The lowest BCUT2D eigenvalue weighted by Gasteiger charge is -2.10. The molecule has 0 bridgehead atoms. The summed E-state index contributed by atoms with van der Waals surface area (Å²) in [5, 5.41) is 3.58. The van der Waals surface area contributed by atoms with Gasteiger partial charge in [-0.3, -0.25) is 0 Å². The van der Waals surface area contributed by atoms with Gasteiger partial charge in [0.25, 0.3) is 0 Å². The van der Waals surface area contributed by atoms with Crippen LogP contribution in [0.3, 0.4) is 0 Å². The molecular weight excluding hydrogens is 333 g/mol. The monoisotopic (exact) mass is 343 g/mol. The van der Waals surface area contributed by atoms with Crippen molar-refractivity contribution in [1.29, 1.82) is 0 Å². The average molecular weight is 345 g/mol. The molecule has 0 aliphatic rings. The van der Waals surface area contributed by atoms with Crippen LogP contribution in [0.25, 0.3) is 0 Å². The molecule has 0 amide bonds. The zero-order chi connectivity index (χ0) is 13.8. The molecule has 0 radical (unpaired) electrons. The molecule has 2 aromatic carbocycles. The van der Waals surface area contributed by atoms with Gasteiger partial charge in [-0.1, -0.05) is 11.6 Å². The van der Waals surface area contributed by atoms with Gasteiger partial charge in [0.1, 0.15) is 17.3 Å². The summed E-state index contributed by atoms with van der Waals surface area (Å²) in [5.74, 6) is 0.714. The van der Waals surface area contributed by atoms with E-state index in [9.17, 15) is 4.39 Å². The van der Waals surface area contributed by atoms with Crippen molar-refractivity contribution in [1.82, 2.24) is 5.32 Å². The second-order valence-corrected chi connectivity index (χ2v) is 5.29. The molecule has 19 heavy (non-hydrogen) atoms. The Balaban J connectivity index is 2.27. The quantitative estimate of drug-likeness (QED) is 0.864. The van der Waals surface area contributed by atoms with Gasteiger partial charge in [0.05, 0.1) is 4.47 Å². The molecule has 2 nitrogen and oxygen atoms in total. The molecule has 0 fully saturated rings. The molecule has 0 heterocycles. The van der Waals surface area contributed by atoms with Gasteiger partial charge in [0.2, 0.25) is 0 Å². The lowest BCUT2D eigenvalue weighted by atomic mass is 10.2. The van der Waals surface area contributed by atoms with Gasteiger partial charge < -0.3 is 10.1 Å². The zero-order valence-corrected chi connectivity index (χ0v) is 12.6. The van der Waals surface area contributed by atoms with Crippen molar-refractivity contribution in [3.63, 3.8) is 0 Å². The van der Waals surface area contributed by atoms with E-state index < -0.39 is 0 Å². The molecule has 0 aliphatic heterocycles. The van der Waals surface area contributed by atoms with Crippen LogP contribution >= 0.6 is 27.5 Å². The lowest BCUT2D eigenvalue weighted by molar-refractivity contribution is 0.472. The van der Waals surface area contributed by atoms with Crippen LogP contribution in [0.1, 0.15) is 5.56 Å². The molecule has 100 valence electrons. The minimum atomic E-state index is -0.326. The summed E-state index contributed by atoms with van der Waals surface area (Å²) in [6.45, 7) is 0.579. The minimum absolute atomic E-state index is 0.326. The van der Waals surface area contributed by atoms with Gasteiger partial charge in [-0.2, -0.15) is 0 Å². The van der Waals surface area contributed by atoms with E-state index in [1.54, 1.807) is 31.3 Å². The van der Waals surface area contributed by atoms with Crippen molar-refractivity contribution in [2.75, 3.05) is 7.05 Å². The van der Waals surface area contributed by atoms with Crippen molar-refractivity contribution in [3.8, 4) is 11.5 Å². The second-order valence-electron chi connectivity index (χ2n) is 4.00. The van der Waals surface area contributed by atoms with Crippen LogP contribution in [0.2, 0.25) is 5.02 Å². The zero-order valence-electron chi connectivity index (χ0n) is 10.2. The van der Waals surface area contributed by atoms with Gasteiger partial charge in [-0.15, -0.1) is 0 Å². The highest BCUT2D eigenvalue weighted by atomic mass is 79.9. The summed E-state index contributed by atoms with van der Waals surface area (Å²) in [4.78, 5) is 0. The third-order valence-corrected chi connectivity index (χ3v) is 3.29. The standard InChI is InChI=1S/C14H12BrClFNO/c1-18-8-9-4-11(17)7-12(5-9)19-14-3-2-10(16)6-13(14)15/h2-7,18H,8H2,1H3. The molecule has 0 saturated carbocycles. The van der Waals surface area contributed by atoms with E-state index in [0.29, 0.717) is 23.1 Å². The number of benzene rings is 2. The number of halogens is 3. The largest absolute Gasteiger partial charge is 0.456 e. The fourth-order valence-electron chi connectivity index (χ4n) is 1.67. The Morgan fingerprint density at radius 2 is 2.05 bits per heavy atom. The van der Waals surface area contributed by atoms with Crippen LogP contribution in [0.4, 0.5) is 4.39 Å². The molecule has 0 unspecified atom stereocenters. The molecule has 0 aliphatic carbocycles. The van der Waals surface area contributed by atoms with Gasteiger partial charge in [0, 0.05) is 17.6 Å². The van der Waals surface area contributed by atoms with Gasteiger partial charge in [-0.25, -0.2) is 4.39 Å². The first-order valence-corrected chi connectivity index (χ1v) is 6.82. The highest BCUT2D eigenvalue weighted by Gasteiger charge is 2.06. The van der Waals surface area contributed by atoms with Crippen molar-refractivity contribution in [2.24, 2.45) is 0 Å². The van der Waals surface area contributed by atoms with E-state index in [1.165, 1.54) is 12.1 Å². The fraction of sp³-hybridized carbons (Fsp3) is 0.143. The molecule has 1 N–H and O–H groups in total. The Bertz CT molecular complexity index is 592. The van der Waals surface area contributed by atoms with E-state index in [0.717, 1.165) is 10.0 Å². The number of hydrogen-bond acceptors (Lipinski definition) is 2. The fourth-order valence-corrected chi connectivity index (χ4v) is 2.43. The predicted octanol–water partition coefficient (Wildman–Crippen LogP) is 4.75. The van der Waals surface area contributed by atoms with Crippen LogP contribution in [0.5, 0.6) is 11.5 Å². The summed E-state index contributed by atoms with van der Waals surface area (Å²) >= 11 is 9.21. The smallest absolute Gasteiger partial charge is 0.141 e. The van der Waals surface area contributed by atoms with Crippen LogP contribution in [-0.2, 0) is 6.54 Å². The predicted molar refractivity (Wildman–Crippen MR) is 78.4 cm³/mol. The molecule has 0 spiro atoms. The molecule has 2 aromatic rings. The molecule has 5 heteroatoms. The SMILES string of the molecule is CNCc1cc(F)cc(Oc2ccc(Cl)cc2Br)c1. The van der Waals surface area contributed by atoms with Crippen LogP contribution in [-0.4, -0.2) is 7.05 Å². The minimum Gasteiger partial charge on any atom is -0.456 e. The molecule has 0 saturated heterocycles. The van der Waals surface area contributed by atoms with Crippen LogP contribution in [0.15, 0.2) is 40.9 Å². The van der Waals surface area contributed by atoms with Crippen molar-refractivity contribution in [3.05, 3.63) is 57.3 Å². The van der Waals surface area contributed by atoms with E-state index in [4.69, 9.17) is 16.3 Å². The first-order chi connectivity index (χ1) is 9.08. The Kier molecular flexibility index (Phi) is 4.80. The third-order valence-electron chi connectivity index (χ3n) is 2.43. The molecule has 0 aromatic heterocycles. The summed E-state index contributed by atoms with van der Waals surface area (Å²) in [7, 11) is 1.81. The topological polar surface area (TPSA) is 21.3 Å². The maximum atomic E-state index is 13.5. The van der Waals surface area contributed by atoms with E-state index in [1.807, 2.05) is 0 Å². The molecule has 2 rings (SSSR count).